The Labute approximate surface area is 181 Å². The number of amides is 3. The number of hydrogen-bond donors (Lipinski definition) is 2. The van der Waals surface area contributed by atoms with Crippen molar-refractivity contribution in [3.8, 4) is 17.1 Å². The van der Waals surface area contributed by atoms with Crippen molar-refractivity contribution in [1.29, 1.82) is 0 Å². The molecule has 3 amide bonds. The third-order valence-corrected chi connectivity index (χ3v) is 4.08. The highest BCUT2D eigenvalue weighted by molar-refractivity contribution is 6.01. The van der Waals surface area contributed by atoms with Gasteiger partial charge in [-0.05, 0) is 48.5 Å². The number of urea groups is 1. The molecule has 166 valence electrons. The van der Waals surface area contributed by atoms with E-state index in [1.54, 1.807) is 24.3 Å². The van der Waals surface area contributed by atoms with Crippen molar-refractivity contribution < 1.29 is 32.8 Å². The zero-order chi connectivity index (χ0) is 22.9. The van der Waals surface area contributed by atoms with E-state index < -0.39 is 24.5 Å². The zero-order valence-electron chi connectivity index (χ0n) is 17.0. The summed E-state index contributed by atoms with van der Waals surface area (Å²) in [4.78, 5) is 39.5. The van der Waals surface area contributed by atoms with Gasteiger partial charge in [0.2, 0.25) is 11.7 Å². The predicted octanol–water partition coefficient (Wildman–Crippen LogP) is 2.71. The lowest BCUT2D eigenvalue weighted by molar-refractivity contribution is -0.148. The van der Waals surface area contributed by atoms with Crippen molar-refractivity contribution in [2.75, 3.05) is 19.0 Å². The van der Waals surface area contributed by atoms with Gasteiger partial charge in [-0.15, -0.1) is 0 Å². The van der Waals surface area contributed by atoms with Crippen LogP contribution in [0.15, 0.2) is 53.1 Å². The van der Waals surface area contributed by atoms with Gasteiger partial charge in [0, 0.05) is 17.7 Å². The molecule has 1 heterocycles. The third-order valence-electron chi connectivity index (χ3n) is 4.08. The molecular formula is C21H19FN4O6. The average Bonchev–Trinajstić information content (AvgIpc) is 3.26. The molecular weight excluding hydrogens is 423 g/mol. The Bertz CT molecular complexity index is 1080. The van der Waals surface area contributed by atoms with Crippen LogP contribution in [0.5, 0.6) is 5.75 Å². The molecule has 0 aliphatic heterocycles. The Morgan fingerprint density at radius 1 is 1.06 bits per heavy atom. The number of imide groups is 1. The molecule has 0 saturated carbocycles. The van der Waals surface area contributed by atoms with Crippen LogP contribution in [0, 0.1) is 5.82 Å². The minimum Gasteiger partial charge on any atom is -0.497 e. The number of halogens is 1. The maximum atomic E-state index is 13.0. The molecule has 32 heavy (non-hydrogen) atoms. The molecule has 2 aromatic carbocycles. The van der Waals surface area contributed by atoms with E-state index in [4.69, 9.17) is 14.0 Å². The van der Waals surface area contributed by atoms with Crippen LogP contribution >= 0.6 is 0 Å². The number of hydrogen-bond acceptors (Lipinski definition) is 8. The van der Waals surface area contributed by atoms with Gasteiger partial charge in [-0.1, -0.05) is 5.16 Å². The topological polar surface area (TPSA) is 133 Å². The molecule has 0 radical (unpaired) electrons. The molecule has 0 unspecified atom stereocenters. The maximum Gasteiger partial charge on any atom is 0.325 e. The first-order valence-electron chi connectivity index (χ1n) is 9.42. The Balaban J connectivity index is 1.37. The standard InChI is InChI=1S/C21H19FN4O6/c1-30-16-8-6-15(7-9-16)23-21(29)24-17(27)12-31-19(28)11-10-18-25-20(26-32-18)13-2-4-14(22)5-3-13/h2-9H,10-12H2,1H3,(H2,23,24,27,29). The number of carbonyl (C=O) groups is 3. The summed E-state index contributed by atoms with van der Waals surface area (Å²) in [7, 11) is 1.52. The fraction of sp³-hybridized carbons (Fsp3) is 0.190. The number of aromatic nitrogens is 2. The van der Waals surface area contributed by atoms with Crippen LogP contribution in [0.1, 0.15) is 12.3 Å². The van der Waals surface area contributed by atoms with E-state index in [-0.39, 0.29) is 30.4 Å². The van der Waals surface area contributed by atoms with E-state index in [2.05, 4.69) is 15.5 Å². The van der Waals surface area contributed by atoms with Crippen LogP contribution in [0.2, 0.25) is 0 Å². The maximum absolute atomic E-state index is 13.0. The summed E-state index contributed by atoms with van der Waals surface area (Å²) < 4.78 is 27.9. The fourth-order valence-corrected chi connectivity index (χ4v) is 2.50. The zero-order valence-corrected chi connectivity index (χ0v) is 17.0. The van der Waals surface area contributed by atoms with E-state index in [0.717, 1.165) is 0 Å². The lowest BCUT2D eigenvalue weighted by Crippen LogP contribution is -2.37. The highest BCUT2D eigenvalue weighted by Gasteiger charge is 2.14. The summed E-state index contributed by atoms with van der Waals surface area (Å²) in [6.07, 6.45) is -0.0248. The SMILES string of the molecule is COc1ccc(NC(=O)NC(=O)COC(=O)CCc2nc(-c3ccc(F)cc3)no2)cc1. The number of carbonyl (C=O) groups excluding carboxylic acids is 3. The van der Waals surface area contributed by atoms with Gasteiger partial charge in [-0.3, -0.25) is 14.9 Å². The molecule has 0 saturated heterocycles. The average molecular weight is 442 g/mol. The first kappa shape index (κ1) is 22.4. The Hall–Kier alpha value is -4.28. The molecule has 0 aliphatic carbocycles. The summed E-state index contributed by atoms with van der Waals surface area (Å²) in [5.74, 6) is -0.799. The second-order valence-electron chi connectivity index (χ2n) is 6.41. The summed E-state index contributed by atoms with van der Waals surface area (Å²) in [5, 5.41) is 8.28. The van der Waals surface area contributed by atoms with Crippen molar-refractivity contribution in [2.45, 2.75) is 12.8 Å². The van der Waals surface area contributed by atoms with E-state index >= 15 is 0 Å². The molecule has 2 N–H and O–H groups in total. The summed E-state index contributed by atoms with van der Waals surface area (Å²) >= 11 is 0. The monoisotopic (exact) mass is 442 g/mol. The number of ether oxygens (including phenoxy) is 2. The van der Waals surface area contributed by atoms with E-state index in [9.17, 15) is 18.8 Å². The molecule has 10 nitrogen and oxygen atoms in total. The molecule has 0 bridgehead atoms. The van der Waals surface area contributed by atoms with E-state index in [0.29, 0.717) is 17.0 Å². The number of nitrogens with one attached hydrogen (secondary N) is 2. The Kier molecular flexibility index (Phi) is 7.46. The van der Waals surface area contributed by atoms with Gasteiger partial charge in [-0.2, -0.15) is 4.98 Å². The van der Waals surface area contributed by atoms with Crippen LogP contribution in [-0.4, -0.2) is 41.8 Å². The molecule has 3 aromatic rings. The summed E-state index contributed by atoms with van der Waals surface area (Å²) in [6.45, 7) is -0.625. The number of nitrogens with zero attached hydrogens (tertiary/aromatic N) is 2. The lowest BCUT2D eigenvalue weighted by atomic mass is 10.2. The molecule has 0 aliphatic rings. The number of esters is 1. The van der Waals surface area contributed by atoms with E-state index in [1.165, 1.54) is 31.4 Å². The second-order valence-corrected chi connectivity index (χ2v) is 6.41. The summed E-state index contributed by atoms with van der Waals surface area (Å²) in [6, 6.07) is 11.3. The van der Waals surface area contributed by atoms with Crippen molar-refractivity contribution in [2.24, 2.45) is 0 Å². The number of aryl methyl sites for hydroxylation is 1. The quantitative estimate of drug-likeness (QED) is 0.509. The van der Waals surface area contributed by atoms with Gasteiger partial charge in [0.25, 0.3) is 5.91 Å². The smallest absolute Gasteiger partial charge is 0.325 e. The van der Waals surface area contributed by atoms with Gasteiger partial charge >= 0.3 is 12.0 Å². The highest BCUT2D eigenvalue weighted by Crippen LogP contribution is 2.17. The van der Waals surface area contributed by atoms with E-state index in [1.807, 2.05) is 5.32 Å². The predicted molar refractivity (Wildman–Crippen MR) is 109 cm³/mol. The van der Waals surface area contributed by atoms with Crippen LogP contribution < -0.4 is 15.4 Å². The van der Waals surface area contributed by atoms with Crippen LogP contribution in [0.3, 0.4) is 0 Å². The van der Waals surface area contributed by atoms with Crippen LogP contribution in [-0.2, 0) is 20.7 Å². The largest absolute Gasteiger partial charge is 0.497 e. The molecule has 0 spiro atoms. The molecule has 0 fully saturated rings. The number of rotatable bonds is 8. The number of anilines is 1. The number of benzene rings is 2. The van der Waals surface area contributed by atoms with Crippen molar-refractivity contribution in [1.82, 2.24) is 15.5 Å². The van der Waals surface area contributed by atoms with Gasteiger partial charge in [0.15, 0.2) is 6.61 Å². The third kappa shape index (κ3) is 6.62. The summed E-state index contributed by atoms with van der Waals surface area (Å²) in [5.41, 5.74) is 1.02. The normalized spacial score (nSPS) is 10.3. The minimum absolute atomic E-state index is 0.0899. The van der Waals surface area contributed by atoms with Gasteiger partial charge in [0.1, 0.15) is 11.6 Å². The fourth-order valence-electron chi connectivity index (χ4n) is 2.50. The first-order valence-corrected chi connectivity index (χ1v) is 9.42. The minimum atomic E-state index is -0.791. The first-order chi connectivity index (χ1) is 15.4. The van der Waals surface area contributed by atoms with Crippen molar-refractivity contribution in [3.05, 3.63) is 60.2 Å². The molecule has 0 atom stereocenters. The van der Waals surface area contributed by atoms with Gasteiger partial charge in [0.05, 0.1) is 13.5 Å². The van der Waals surface area contributed by atoms with Crippen molar-refractivity contribution >= 4 is 23.6 Å². The highest BCUT2D eigenvalue weighted by atomic mass is 19.1. The van der Waals surface area contributed by atoms with Crippen molar-refractivity contribution in [3.63, 3.8) is 0 Å². The van der Waals surface area contributed by atoms with Gasteiger partial charge in [-0.25, -0.2) is 9.18 Å². The molecule has 11 heteroatoms. The van der Waals surface area contributed by atoms with Crippen LogP contribution in [0.25, 0.3) is 11.4 Å². The molecule has 3 rings (SSSR count). The van der Waals surface area contributed by atoms with Gasteiger partial charge < -0.3 is 19.3 Å². The van der Waals surface area contributed by atoms with Crippen LogP contribution in [0.4, 0.5) is 14.9 Å². The Morgan fingerprint density at radius 3 is 2.47 bits per heavy atom. The second kappa shape index (κ2) is 10.7. The number of methoxy groups -OCH3 is 1. The molecule has 1 aromatic heterocycles. The lowest BCUT2D eigenvalue weighted by Gasteiger charge is -2.08. The Morgan fingerprint density at radius 2 is 1.78 bits per heavy atom.